The number of hydrogen-bond donors (Lipinski definition) is 3. The van der Waals surface area contributed by atoms with Crippen molar-refractivity contribution in [1.82, 2.24) is 9.71 Å². The van der Waals surface area contributed by atoms with E-state index in [0.29, 0.717) is 11.1 Å². The van der Waals surface area contributed by atoms with Crippen LogP contribution in [0.4, 0.5) is 4.79 Å². The van der Waals surface area contributed by atoms with Crippen molar-refractivity contribution in [3.63, 3.8) is 0 Å². The predicted molar refractivity (Wildman–Crippen MR) is 246 cm³/mol. The number of carbonyl (C=O) groups is 3. The van der Waals surface area contributed by atoms with Crippen LogP contribution < -0.4 is 4.72 Å². The smallest absolute Gasteiger partial charge is 0.421 e. The largest absolute Gasteiger partial charge is 0.457 e. The standard InChI is InChI=1S/C42H58N2O11S2.2C2H6.3H2/c1-25-21-26(2)42(48)30(23-36(51-8)39(46)54-37(25)28(4)55-56(9,10)41(5,6)7)19-18-29-22-34(52-38(45)33-17-14-20-43-33)27(3)35(24-32(29)42)53-40(47)44-57(49,50)31-15-12-11-13-16-31;2*1-2;;;/h11-17,19-21,25,27-28,30,32,34-37,43,48H,22-24H2,1-10H3,(H,44,47);2*1-2H3;3*1H/b26-21+;;;;;/t25-,27+,28?,30?,32-,34+,35+,36+,37+,42+;;;;;/m1...../s1. The van der Waals surface area contributed by atoms with Crippen LogP contribution in [-0.4, -0.2) is 97.0 Å². The molecule has 2 unspecified atom stereocenters. The molecule has 1 aliphatic heterocycles. The second-order valence-corrected chi connectivity index (χ2v) is 22.3. The number of esters is 2. The lowest BCUT2D eigenvalue weighted by Crippen LogP contribution is -2.52. The monoisotopic (exact) mass is 896 g/mol. The predicted octanol–water partition coefficient (Wildman–Crippen LogP) is 9.40. The summed E-state index contributed by atoms with van der Waals surface area (Å²) in [6.45, 7) is 21.7. The number of sulfonamides is 1. The van der Waals surface area contributed by atoms with Crippen molar-refractivity contribution >= 4 is 38.4 Å². The van der Waals surface area contributed by atoms with Crippen molar-refractivity contribution in [1.29, 1.82) is 0 Å². The second kappa shape index (κ2) is 21.5. The Morgan fingerprint density at radius 3 is 2.23 bits per heavy atom. The van der Waals surface area contributed by atoms with Crippen LogP contribution >= 0.6 is 10.3 Å². The molecule has 15 heteroatoms. The Morgan fingerprint density at radius 2 is 1.66 bits per heavy atom. The Kier molecular flexibility index (Phi) is 18.1. The van der Waals surface area contributed by atoms with Crippen molar-refractivity contribution in [2.45, 2.75) is 141 Å². The number of ether oxygens (including phenoxy) is 4. The van der Waals surface area contributed by atoms with E-state index in [4.69, 9.17) is 23.1 Å². The highest BCUT2D eigenvalue weighted by Gasteiger charge is 2.54. The third kappa shape index (κ3) is 12.0. The number of aliphatic hydroxyl groups is 1. The zero-order chi connectivity index (χ0) is 46.1. The van der Waals surface area contributed by atoms with Crippen molar-refractivity contribution in [2.24, 2.45) is 23.7 Å². The third-order valence-corrected chi connectivity index (χ3v) is 17.0. The SMILES string of the molecule is CC.CC.CO[C@H]1CC2C=C=C3C[C@H](OC(=O)c4ccc[nH]4)[C@H](C)[C@@H](OC(=O)NS(=O)(=O)c4ccccc4)C[C@H]3[C@]2(O)/C(C)=C/[C@@H](C)[C@@H](C(C)OS(C)(C)C(C)(C)C)OC1=O.[HH].[HH].[HH]. The molecule has 0 spiro atoms. The van der Waals surface area contributed by atoms with Gasteiger partial charge >= 0.3 is 18.0 Å². The van der Waals surface area contributed by atoms with Crippen LogP contribution in [-0.2, 0) is 37.9 Å². The summed E-state index contributed by atoms with van der Waals surface area (Å²) in [5.41, 5.74) is 3.08. The molecule has 13 nitrogen and oxygen atoms in total. The van der Waals surface area contributed by atoms with E-state index < -0.39 is 98.2 Å². The molecule has 1 aromatic heterocycles. The number of benzene rings is 1. The first-order chi connectivity index (χ1) is 28.6. The zero-order valence-electron chi connectivity index (χ0n) is 38.4. The first kappa shape index (κ1) is 51.5. The van der Waals surface area contributed by atoms with Gasteiger partial charge in [0.25, 0.3) is 10.0 Å². The van der Waals surface area contributed by atoms with E-state index in [1.807, 2.05) is 59.3 Å². The number of aromatic nitrogens is 1. The number of amides is 1. The van der Waals surface area contributed by atoms with Crippen LogP contribution in [0.15, 0.2) is 82.6 Å². The van der Waals surface area contributed by atoms with E-state index in [9.17, 15) is 27.9 Å². The van der Waals surface area contributed by atoms with Gasteiger partial charge < -0.3 is 33.2 Å². The third-order valence-electron chi connectivity index (χ3n) is 11.9. The normalized spacial score (nSPS) is 29.6. The highest BCUT2D eigenvalue weighted by atomic mass is 32.3. The van der Waals surface area contributed by atoms with Gasteiger partial charge in [0.05, 0.1) is 10.5 Å². The van der Waals surface area contributed by atoms with Gasteiger partial charge in [-0.3, -0.25) is 0 Å². The summed E-state index contributed by atoms with van der Waals surface area (Å²) in [5, 5.41) is 13.3. The molecule has 1 amide bonds. The first-order valence-electron chi connectivity index (χ1n) is 21.2. The molecule has 2 aromatic rings. The Hall–Kier alpha value is -3.85. The molecular weight excluding hydrogens is 821 g/mol. The molecule has 1 fully saturated rings. The molecule has 0 bridgehead atoms. The summed E-state index contributed by atoms with van der Waals surface area (Å²) >= 11 is 0. The van der Waals surface area contributed by atoms with Crippen LogP contribution in [0.2, 0.25) is 0 Å². The van der Waals surface area contributed by atoms with Crippen molar-refractivity contribution in [2.75, 3.05) is 19.6 Å². The quantitative estimate of drug-likeness (QED) is 0.0945. The maximum Gasteiger partial charge on any atom is 0.421 e. The number of carbonyl (C=O) groups excluding carboxylic acids is 3. The van der Waals surface area contributed by atoms with Gasteiger partial charge in [0, 0.05) is 52.4 Å². The minimum absolute atomic E-state index is 0. The number of hydrogen-bond acceptors (Lipinski definition) is 11. The van der Waals surface area contributed by atoms with Crippen molar-refractivity contribution < 1.29 is 55.3 Å². The highest BCUT2D eigenvalue weighted by Crippen LogP contribution is 2.55. The van der Waals surface area contributed by atoms with E-state index in [1.54, 1.807) is 37.4 Å². The summed E-state index contributed by atoms with van der Waals surface area (Å²) in [6, 6.07) is 10.7. The van der Waals surface area contributed by atoms with Gasteiger partial charge in [-0.05, 0) is 80.7 Å². The molecule has 10 atom stereocenters. The number of cyclic esters (lactones) is 1. The van der Waals surface area contributed by atoms with Crippen LogP contribution in [0, 0.1) is 23.7 Å². The van der Waals surface area contributed by atoms with Gasteiger partial charge in [0.1, 0.15) is 30.1 Å². The fourth-order valence-electron chi connectivity index (χ4n) is 7.84. The van der Waals surface area contributed by atoms with Crippen LogP contribution in [0.3, 0.4) is 0 Å². The fraction of sp³-hybridized carbons (Fsp3) is 0.609. The van der Waals surface area contributed by atoms with Gasteiger partial charge in [0.2, 0.25) is 0 Å². The molecule has 3 N–H and O–H groups in total. The molecule has 2 aliphatic carbocycles. The lowest BCUT2D eigenvalue weighted by atomic mass is 9.63. The van der Waals surface area contributed by atoms with Gasteiger partial charge in [-0.15, -0.1) is 16.0 Å². The summed E-state index contributed by atoms with van der Waals surface area (Å²) in [5.74, 6) is -3.82. The maximum absolute atomic E-state index is 13.9. The Labute approximate surface area is 370 Å². The molecule has 2 heterocycles. The summed E-state index contributed by atoms with van der Waals surface area (Å²) in [6.07, 6.45) is 4.10. The van der Waals surface area contributed by atoms with E-state index in [-0.39, 0.29) is 38.9 Å². The Balaban J connectivity index is 0.00000551. The Morgan fingerprint density at radius 1 is 1.02 bits per heavy atom. The second-order valence-electron chi connectivity index (χ2n) is 16.7. The molecule has 1 aromatic carbocycles. The molecule has 348 valence electrons. The fourth-order valence-corrected chi connectivity index (χ4v) is 9.90. The minimum Gasteiger partial charge on any atom is -0.457 e. The number of methoxy groups -OCH3 is 1. The van der Waals surface area contributed by atoms with Crippen LogP contribution in [0.1, 0.15) is 110 Å². The van der Waals surface area contributed by atoms with Crippen molar-refractivity contribution in [3.8, 4) is 0 Å². The zero-order valence-corrected chi connectivity index (χ0v) is 40.1. The van der Waals surface area contributed by atoms with E-state index in [2.05, 4.69) is 44.0 Å². The lowest BCUT2D eigenvalue weighted by molar-refractivity contribution is -0.170. The van der Waals surface area contributed by atoms with E-state index >= 15 is 0 Å². The molecule has 0 radical (unpaired) electrons. The van der Waals surface area contributed by atoms with E-state index in [0.717, 1.165) is 0 Å². The summed E-state index contributed by atoms with van der Waals surface area (Å²) < 4.78 is 58.6. The molecular formula is C46H76N2O11S2. The van der Waals surface area contributed by atoms with E-state index in [1.165, 1.54) is 31.4 Å². The molecule has 0 saturated heterocycles. The van der Waals surface area contributed by atoms with Crippen molar-refractivity contribution in [3.05, 3.63) is 83.4 Å². The molecule has 5 rings (SSSR count). The molecule has 1 saturated carbocycles. The van der Waals surface area contributed by atoms with Crippen LogP contribution in [0.25, 0.3) is 0 Å². The lowest BCUT2D eigenvalue weighted by Gasteiger charge is -2.48. The average molecular weight is 897 g/mol. The van der Waals surface area contributed by atoms with Crippen LogP contribution in [0.5, 0.6) is 0 Å². The number of fused-ring (bicyclic) bond motifs is 3. The Bertz CT molecular complexity index is 2000. The number of H-pyrrole nitrogens is 1. The summed E-state index contributed by atoms with van der Waals surface area (Å²) in [7, 11) is -4.49. The molecule has 61 heavy (non-hydrogen) atoms. The summed E-state index contributed by atoms with van der Waals surface area (Å²) in [4.78, 5) is 43.4. The first-order valence-corrected chi connectivity index (χ1v) is 25.1. The van der Waals surface area contributed by atoms with Gasteiger partial charge in [-0.1, -0.05) is 86.6 Å². The topological polar surface area (TPSA) is 180 Å². The highest BCUT2D eigenvalue weighted by molar-refractivity contribution is 8.29. The average Bonchev–Trinajstić information content (AvgIpc) is 3.72. The number of aromatic amines is 1. The van der Waals surface area contributed by atoms with Gasteiger partial charge in [0.15, 0.2) is 6.10 Å². The molecule has 3 aliphatic rings. The number of rotatable bonds is 9. The van der Waals surface area contributed by atoms with Gasteiger partial charge in [-0.25, -0.2) is 27.5 Å². The minimum atomic E-state index is -4.29. The number of nitrogens with one attached hydrogen (secondary N) is 2. The van der Waals surface area contributed by atoms with Gasteiger partial charge in [-0.2, -0.15) is 0 Å². The maximum atomic E-state index is 13.9.